The van der Waals surface area contributed by atoms with E-state index in [1.165, 1.54) is 11.8 Å². The van der Waals surface area contributed by atoms with E-state index in [0.717, 1.165) is 0 Å². The fourth-order valence-electron chi connectivity index (χ4n) is 8.51. The van der Waals surface area contributed by atoms with Gasteiger partial charge in [0, 0.05) is 37.3 Å². The minimum Gasteiger partial charge on any atom is -0.481 e. The summed E-state index contributed by atoms with van der Waals surface area (Å²) in [6.07, 6.45) is -1.02. The van der Waals surface area contributed by atoms with Gasteiger partial charge in [-0.15, -0.1) is 0 Å². The van der Waals surface area contributed by atoms with Gasteiger partial charge in [-0.05, 0) is 55.6 Å². The number of amides is 10. The van der Waals surface area contributed by atoms with Crippen molar-refractivity contribution in [3.63, 3.8) is 0 Å². The second-order valence-electron chi connectivity index (χ2n) is 20.1. The zero-order valence-electron chi connectivity index (χ0n) is 45.5. The molecule has 1 heterocycles. The lowest BCUT2D eigenvalue weighted by Gasteiger charge is -2.31. The van der Waals surface area contributed by atoms with E-state index in [9.17, 15) is 67.7 Å². The second-order valence-corrected chi connectivity index (χ2v) is 20.8. The Morgan fingerprint density at radius 3 is 1.64 bits per heavy atom. The normalized spacial score (nSPS) is 16.8. The number of thiol groups is 2. The van der Waals surface area contributed by atoms with Crippen LogP contribution in [0.3, 0.4) is 0 Å². The minimum absolute atomic E-state index is 0.0660. The molecule has 0 radical (unpaired) electrons. The first-order valence-corrected chi connectivity index (χ1v) is 27.6. The Hall–Kier alpha value is -7.26. The Morgan fingerprint density at radius 1 is 0.613 bits per heavy atom. The number of primary amides is 1. The number of nitrogens with two attached hydrogens (primary N) is 2. The van der Waals surface area contributed by atoms with E-state index in [4.69, 9.17) is 11.5 Å². The Balaban J connectivity index is 1.91. The molecular weight excluding hydrogens is 1080 g/mol. The third kappa shape index (κ3) is 21.8. The van der Waals surface area contributed by atoms with Gasteiger partial charge >= 0.3 is 11.9 Å². The van der Waals surface area contributed by atoms with Crippen LogP contribution in [0.1, 0.15) is 90.7 Å². The molecule has 0 saturated carbocycles. The monoisotopic (exact) mass is 1160 g/mol. The summed E-state index contributed by atoms with van der Waals surface area (Å²) in [6.45, 7) is 8.55. The molecule has 0 aromatic heterocycles. The third-order valence-corrected chi connectivity index (χ3v) is 14.0. The van der Waals surface area contributed by atoms with Crippen LogP contribution in [0.2, 0.25) is 0 Å². The molecule has 1 saturated heterocycles. The molecule has 2 aromatic rings. The molecule has 10 amide bonds. The highest BCUT2D eigenvalue weighted by molar-refractivity contribution is 7.80. The van der Waals surface area contributed by atoms with Crippen LogP contribution in [-0.2, 0) is 70.4 Å². The molecule has 27 heteroatoms. The lowest BCUT2D eigenvalue weighted by Crippen LogP contribution is -2.61. The van der Waals surface area contributed by atoms with E-state index in [2.05, 4.69) is 67.8 Å². The average Bonchev–Trinajstić information content (AvgIpc) is 3.95. The lowest BCUT2D eigenvalue weighted by molar-refractivity contribution is -0.142. The summed E-state index contributed by atoms with van der Waals surface area (Å²) >= 11 is 7.95. The van der Waals surface area contributed by atoms with Crippen LogP contribution in [0.25, 0.3) is 0 Å². The van der Waals surface area contributed by atoms with Gasteiger partial charge in [-0.2, -0.15) is 25.3 Å². The number of likely N-dealkylation sites (tertiary alicyclic amines) is 1. The van der Waals surface area contributed by atoms with Gasteiger partial charge in [-0.1, -0.05) is 94.8 Å². The first kappa shape index (κ1) is 67.0. The number of hydrogen-bond acceptors (Lipinski definition) is 15. The minimum atomic E-state index is -1.74. The summed E-state index contributed by atoms with van der Waals surface area (Å²) in [7, 11) is 0. The fraction of sp³-hybridized carbons (Fsp3) is 0.547. The molecule has 80 heavy (non-hydrogen) atoms. The van der Waals surface area contributed by atoms with Gasteiger partial charge in [0.25, 0.3) is 0 Å². The third-order valence-electron chi connectivity index (χ3n) is 13.2. The highest BCUT2D eigenvalue weighted by Gasteiger charge is 2.41. The zero-order valence-corrected chi connectivity index (χ0v) is 47.3. The van der Waals surface area contributed by atoms with Crippen LogP contribution >= 0.6 is 25.3 Å². The molecule has 14 N–H and O–H groups in total. The molecule has 3 rings (SSSR count). The summed E-state index contributed by atoms with van der Waals surface area (Å²) in [5.41, 5.74) is 12.3. The number of hydrogen-bond donors (Lipinski definition) is 14. The molecule has 11 atom stereocenters. The largest absolute Gasteiger partial charge is 0.481 e. The Kier molecular flexibility index (Phi) is 27.9. The average molecular weight is 1160 g/mol. The molecule has 1 aliphatic heterocycles. The molecule has 1 aliphatic rings. The van der Waals surface area contributed by atoms with Crippen LogP contribution in [0.15, 0.2) is 60.7 Å². The van der Waals surface area contributed by atoms with Crippen LogP contribution in [0.5, 0.6) is 0 Å². The molecule has 0 aliphatic carbocycles. The number of carboxylic acid groups (broad SMARTS) is 2. The van der Waals surface area contributed by atoms with E-state index in [1.807, 2.05) is 13.8 Å². The van der Waals surface area contributed by atoms with Crippen LogP contribution in [0, 0.1) is 11.8 Å². The predicted octanol–water partition coefficient (Wildman–Crippen LogP) is -1.54. The van der Waals surface area contributed by atoms with Crippen LogP contribution in [-0.4, -0.2) is 165 Å². The number of rotatable bonds is 33. The number of aliphatic carboxylic acids is 2. The maximum absolute atomic E-state index is 14.8. The van der Waals surface area contributed by atoms with Crippen molar-refractivity contribution in [3.05, 3.63) is 71.8 Å². The number of nitrogens with one attached hydrogen (secondary N) is 8. The van der Waals surface area contributed by atoms with E-state index in [1.54, 1.807) is 74.5 Å². The molecule has 0 spiro atoms. The highest BCUT2D eigenvalue weighted by atomic mass is 32.1. The van der Waals surface area contributed by atoms with Gasteiger partial charge in [0.1, 0.15) is 54.4 Å². The maximum atomic E-state index is 14.8. The molecule has 2 aromatic carbocycles. The van der Waals surface area contributed by atoms with Crippen molar-refractivity contribution < 1.29 is 67.7 Å². The first-order chi connectivity index (χ1) is 37.8. The van der Waals surface area contributed by atoms with Gasteiger partial charge in [0.05, 0.1) is 12.5 Å². The predicted molar refractivity (Wildman–Crippen MR) is 299 cm³/mol. The SMILES string of the molecule is CC[C@H](C)[C@H](NC(=O)[C@H](C)NC(=O)[C@@H]1CCCN1C(=O)[C@H](Cc1ccccc1)NC(=O)[C@H](Cc1ccccc1)NC(=O)[C@H](CCC(N)=O)NC(=O)[C@H](CC(=O)O)NC(=O)[C@@H](N)CS)C(=O)N[C@@H](CC(C)C)C(=O)N[C@@H](CS)C(=O)O. The van der Waals surface area contributed by atoms with Crippen LogP contribution in [0.4, 0.5) is 0 Å². The summed E-state index contributed by atoms with van der Waals surface area (Å²) in [6, 6.07) is 3.51. The summed E-state index contributed by atoms with van der Waals surface area (Å²) in [4.78, 5) is 161. The molecule has 1 fully saturated rings. The van der Waals surface area contributed by atoms with Crippen molar-refractivity contribution in [1.29, 1.82) is 0 Å². The topological polar surface area (TPSA) is 397 Å². The van der Waals surface area contributed by atoms with Crippen LogP contribution < -0.4 is 54.0 Å². The zero-order chi connectivity index (χ0) is 59.8. The molecule has 25 nitrogen and oxygen atoms in total. The van der Waals surface area contributed by atoms with E-state index >= 15 is 0 Å². The van der Waals surface area contributed by atoms with Crippen molar-refractivity contribution in [2.24, 2.45) is 23.3 Å². The summed E-state index contributed by atoms with van der Waals surface area (Å²) in [5.74, 6) is -12.2. The fourth-order valence-corrected chi connectivity index (χ4v) is 8.92. The summed E-state index contributed by atoms with van der Waals surface area (Å²) < 4.78 is 0. The van der Waals surface area contributed by atoms with Crippen molar-refractivity contribution in [3.8, 4) is 0 Å². The second kappa shape index (κ2) is 33.4. The van der Waals surface area contributed by atoms with E-state index in [0.29, 0.717) is 24.0 Å². The molecule has 440 valence electrons. The Bertz CT molecular complexity index is 2490. The number of carbonyl (C=O) groups excluding carboxylic acids is 10. The standard InChI is InChI=1S/C53H77N11O14S2/c1-6-29(4)43(51(75)60-35(22-28(2)3)47(71)62-39(27-80)53(77)78)63-44(68)30(5)56-50(74)40-18-13-21-64(40)52(76)38(24-32-16-11-8-12-17-32)61-48(72)36(23-31-14-9-7-10-15-31)59-46(70)34(19-20-41(55)65)57-49(73)37(25-42(66)67)58-45(69)33(54)26-79/h7-12,14-17,28-30,33-40,43,79-80H,6,13,18-27,54H2,1-5H3,(H2,55,65)(H,56,74)(H,57,73)(H,58,69)(H,59,70)(H,60,75)(H,61,72)(H,62,71)(H,63,68)(H,66,67)(H,77,78)/t29-,30-,33-,34-,35-,36-,37-,38-,39-,40-,43-/m0/s1. The molecular formula is C53H77N11O14S2. The van der Waals surface area contributed by atoms with Crippen molar-refractivity contribution >= 4 is 96.3 Å². The highest BCUT2D eigenvalue weighted by Crippen LogP contribution is 2.21. The smallest absolute Gasteiger partial charge is 0.327 e. The Labute approximate surface area is 475 Å². The first-order valence-electron chi connectivity index (χ1n) is 26.3. The van der Waals surface area contributed by atoms with Crippen molar-refractivity contribution in [1.82, 2.24) is 47.4 Å². The number of carbonyl (C=O) groups is 12. The molecule has 0 unspecified atom stereocenters. The Morgan fingerprint density at radius 2 is 1.11 bits per heavy atom. The van der Waals surface area contributed by atoms with Gasteiger partial charge in [-0.25, -0.2) is 4.79 Å². The molecule has 0 bridgehead atoms. The lowest BCUT2D eigenvalue weighted by atomic mass is 9.96. The van der Waals surface area contributed by atoms with E-state index in [-0.39, 0.29) is 49.7 Å². The van der Waals surface area contributed by atoms with Gasteiger partial charge in [0.2, 0.25) is 59.1 Å². The van der Waals surface area contributed by atoms with Gasteiger partial charge in [0.15, 0.2) is 0 Å². The van der Waals surface area contributed by atoms with Crippen molar-refractivity contribution in [2.45, 2.75) is 153 Å². The van der Waals surface area contributed by atoms with E-state index < -0.39 is 157 Å². The summed E-state index contributed by atoms with van der Waals surface area (Å²) in [5, 5.41) is 39.3. The quantitative estimate of drug-likeness (QED) is 0.0361. The van der Waals surface area contributed by atoms with Gasteiger partial charge in [-0.3, -0.25) is 52.7 Å². The number of benzene rings is 2. The number of nitrogens with zero attached hydrogens (tertiary/aromatic N) is 1. The van der Waals surface area contributed by atoms with Gasteiger partial charge < -0.3 is 69.1 Å². The maximum Gasteiger partial charge on any atom is 0.327 e. The van der Waals surface area contributed by atoms with Crippen molar-refractivity contribution in [2.75, 3.05) is 18.1 Å². The number of carboxylic acids is 2.